The Morgan fingerprint density at radius 2 is 1.64 bits per heavy atom. The zero-order chi connectivity index (χ0) is 30.2. The van der Waals surface area contributed by atoms with Gasteiger partial charge in [0, 0.05) is 60.4 Å². The van der Waals surface area contributed by atoms with E-state index in [9.17, 15) is 18.4 Å². The van der Waals surface area contributed by atoms with Crippen LogP contribution in [0.1, 0.15) is 38.7 Å². The molecule has 0 aliphatic carbocycles. The SMILES string of the molecule is CCOC(=O)C1=C(C)NC(C)=C(C(=O)OCCCN2CCN(c3cccc(Cl)c3)CC2)C1c1ccccc1OC(F)F. The smallest absolute Gasteiger partial charge is 0.387 e. The third-order valence-corrected chi connectivity index (χ3v) is 7.55. The number of halogens is 3. The monoisotopic (exact) mass is 603 g/mol. The van der Waals surface area contributed by atoms with Crippen LogP contribution in [0, 0.1) is 0 Å². The summed E-state index contributed by atoms with van der Waals surface area (Å²) in [5.41, 5.74) is 2.53. The summed E-state index contributed by atoms with van der Waals surface area (Å²) in [6.07, 6.45) is 0.609. The van der Waals surface area contributed by atoms with Gasteiger partial charge in [0.05, 0.1) is 30.3 Å². The topological polar surface area (TPSA) is 80.3 Å². The molecular formula is C31H36ClF2N3O5. The Morgan fingerprint density at radius 3 is 2.29 bits per heavy atom. The van der Waals surface area contributed by atoms with Gasteiger partial charge in [0.1, 0.15) is 5.75 Å². The van der Waals surface area contributed by atoms with E-state index in [1.54, 1.807) is 39.0 Å². The highest BCUT2D eigenvalue weighted by Gasteiger charge is 2.39. The van der Waals surface area contributed by atoms with E-state index in [1.807, 2.05) is 24.3 Å². The molecule has 1 atom stereocenters. The number of carbonyl (C=O) groups is 2. The van der Waals surface area contributed by atoms with Crippen molar-refractivity contribution in [3.05, 3.63) is 81.7 Å². The fourth-order valence-corrected chi connectivity index (χ4v) is 5.60. The molecule has 0 spiro atoms. The Hall–Kier alpha value is -3.63. The first-order valence-corrected chi connectivity index (χ1v) is 14.4. The molecule has 0 bridgehead atoms. The van der Waals surface area contributed by atoms with Gasteiger partial charge in [-0.25, -0.2) is 9.59 Å². The first-order chi connectivity index (χ1) is 20.2. The molecule has 1 N–H and O–H groups in total. The molecule has 2 aromatic carbocycles. The van der Waals surface area contributed by atoms with Crippen molar-refractivity contribution in [2.24, 2.45) is 0 Å². The predicted molar refractivity (Wildman–Crippen MR) is 157 cm³/mol. The van der Waals surface area contributed by atoms with Crippen LogP contribution in [0.3, 0.4) is 0 Å². The number of nitrogens with one attached hydrogen (secondary N) is 1. The number of rotatable bonds is 11. The van der Waals surface area contributed by atoms with Crippen LogP contribution in [0.4, 0.5) is 14.5 Å². The predicted octanol–water partition coefficient (Wildman–Crippen LogP) is 5.49. The first-order valence-electron chi connectivity index (χ1n) is 14.0. The van der Waals surface area contributed by atoms with Gasteiger partial charge in [-0.15, -0.1) is 0 Å². The van der Waals surface area contributed by atoms with Gasteiger partial charge >= 0.3 is 18.6 Å². The molecule has 1 fully saturated rings. The second-order valence-electron chi connectivity index (χ2n) is 10.1. The lowest BCUT2D eigenvalue weighted by molar-refractivity contribution is -0.140. The van der Waals surface area contributed by atoms with Gasteiger partial charge in [0.15, 0.2) is 0 Å². The van der Waals surface area contributed by atoms with E-state index < -0.39 is 24.5 Å². The van der Waals surface area contributed by atoms with E-state index in [0.29, 0.717) is 22.8 Å². The van der Waals surface area contributed by atoms with Crippen LogP contribution in [-0.2, 0) is 19.1 Å². The molecule has 0 saturated carbocycles. The number of alkyl halides is 2. The third-order valence-electron chi connectivity index (χ3n) is 7.32. The van der Waals surface area contributed by atoms with E-state index >= 15 is 0 Å². The minimum atomic E-state index is -3.09. The number of carbonyl (C=O) groups excluding carboxylic acids is 2. The van der Waals surface area contributed by atoms with Crippen LogP contribution in [-0.4, -0.2) is 69.4 Å². The number of para-hydroxylation sites is 1. The van der Waals surface area contributed by atoms with E-state index in [4.69, 9.17) is 25.8 Å². The van der Waals surface area contributed by atoms with Crippen molar-refractivity contribution >= 4 is 29.2 Å². The number of allylic oxidation sites excluding steroid dienone is 2. The highest BCUT2D eigenvalue weighted by atomic mass is 35.5. The molecule has 0 aromatic heterocycles. The van der Waals surface area contributed by atoms with Crippen LogP contribution in [0.5, 0.6) is 5.75 Å². The normalized spacial score (nSPS) is 17.8. The van der Waals surface area contributed by atoms with Crippen molar-refractivity contribution in [2.75, 3.05) is 50.8 Å². The van der Waals surface area contributed by atoms with Gasteiger partial charge in [-0.05, 0) is 51.5 Å². The van der Waals surface area contributed by atoms with Gasteiger partial charge in [-0.2, -0.15) is 8.78 Å². The summed E-state index contributed by atoms with van der Waals surface area (Å²) in [6, 6.07) is 13.9. The van der Waals surface area contributed by atoms with Gasteiger partial charge in [0.2, 0.25) is 0 Å². The number of nitrogens with zero attached hydrogens (tertiary/aromatic N) is 2. The number of benzene rings is 2. The van der Waals surface area contributed by atoms with Crippen LogP contribution >= 0.6 is 11.6 Å². The number of ether oxygens (including phenoxy) is 3. The molecule has 2 aliphatic rings. The summed E-state index contributed by atoms with van der Waals surface area (Å²) in [5.74, 6) is -2.46. The summed E-state index contributed by atoms with van der Waals surface area (Å²) in [6.45, 7) is 6.40. The largest absolute Gasteiger partial charge is 0.463 e. The number of dihydropyridines is 1. The van der Waals surface area contributed by atoms with E-state index in [2.05, 4.69) is 15.1 Å². The van der Waals surface area contributed by atoms with Crippen molar-refractivity contribution in [1.29, 1.82) is 0 Å². The summed E-state index contributed by atoms with van der Waals surface area (Å²) >= 11 is 6.14. The van der Waals surface area contributed by atoms with Crippen LogP contribution in [0.15, 0.2) is 71.1 Å². The zero-order valence-electron chi connectivity index (χ0n) is 24.0. The number of hydrogen-bond acceptors (Lipinski definition) is 8. The van der Waals surface area contributed by atoms with Crippen molar-refractivity contribution in [2.45, 2.75) is 39.7 Å². The Bertz CT molecular complexity index is 1340. The van der Waals surface area contributed by atoms with Crippen molar-refractivity contribution in [3.63, 3.8) is 0 Å². The molecule has 2 aliphatic heterocycles. The summed E-state index contributed by atoms with van der Waals surface area (Å²) in [7, 11) is 0. The van der Waals surface area contributed by atoms with Gasteiger partial charge in [0.25, 0.3) is 0 Å². The minimum absolute atomic E-state index is 0.105. The van der Waals surface area contributed by atoms with E-state index in [-0.39, 0.29) is 35.7 Å². The highest BCUT2D eigenvalue weighted by Crippen LogP contribution is 2.43. The molecule has 226 valence electrons. The Balaban J connectivity index is 1.43. The molecule has 0 amide bonds. The number of anilines is 1. The molecule has 8 nitrogen and oxygen atoms in total. The molecule has 0 radical (unpaired) electrons. The highest BCUT2D eigenvalue weighted by molar-refractivity contribution is 6.30. The van der Waals surface area contributed by atoms with Crippen molar-refractivity contribution in [1.82, 2.24) is 10.2 Å². The lowest BCUT2D eigenvalue weighted by Crippen LogP contribution is -2.46. The minimum Gasteiger partial charge on any atom is -0.463 e. The van der Waals surface area contributed by atoms with Crippen LogP contribution in [0.2, 0.25) is 5.02 Å². The van der Waals surface area contributed by atoms with Crippen LogP contribution in [0.25, 0.3) is 0 Å². The number of piperazine rings is 1. The summed E-state index contributed by atoms with van der Waals surface area (Å²) in [5, 5.41) is 3.78. The first kappa shape index (κ1) is 31.3. The summed E-state index contributed by atoms with van der Waals surface area (Å²) in [4.78, 5) is 31.2. The van der Waals surface area contributed by atoms with Crippen molar-refractivity contribution in [3.8, 4) is 5.75 Å². The molecule has 2 heterocycles. The fraction of sp³-hybridized carbons (Fsp3) is 0.419. The maximum atomic E-state index is 13.5. The Kier molecular flexibility index (Phi) is 10.8. The summed E-state index contributed by atoms with van der Waals surface area (Å²) < 4.78 is 42.3. The zero-order valence-corrected chi connectivity index (χ0v) is 24.8. The van der Waals surface area contributed by atoms with Gasteiger partial charge in [-0.3, -0.25) is 4.90 Å². The second kappa shape index (κ2) is 14.5. The standard InChI is InChI=1S/C31H36ClF2N3O5/c1-4-40-29(38)26-20(2)35-21(3)27(28(26)24-11-5-6-12-25(24)42-31(33)34)30(39)41-18-8-13-36-14-16-37(17-15-36)23-10-7-9-22(32)19-23/h5-7,9-12,19,28,31,35H,4,8,13-18H2,1-3H3. The molecule has 2 aromatic rings. The van der Waals surface area contributed by atoms with E-state index in [0.717, 1.165) is 38.4 Å². The molecular weight excluding hydrogens is 568 g/mol. The average Bonchev–Trinajstić information content (AvgIpc) is 2.95. The lowest BCUT2D eigenvalue weighted by Gasteiger charge is -2.36. The maximum Gasteiger partial charge on any atom is 0.387 e. The van der Waals surface area contributed by atoms with E-state index in [1.165, 1.54) is 6.07 Å². The maximum absolute atomic E-state index is 13.5. The van der Waals surface area contributed by atoms with Gasteiger partial charge in [-0.1, -0.05) is 35.9 Å². The number of esters is 2. The molecule has 4 rings (SSSR count). The van der Waals surface area contributed by atoms with Crippen LogP contribution < -0.4 is 15.0 Å². The Morgan fingerprint density at radius 1 is 0.976 bits per heavy atom. The second-order valence-corrected chi connectivity index (χ2v) is 10.5. The molecule has 42 heavy (non-hydrogen) atoms. The molecule has 1 saturated heterocycles. The lowest BCUT2D eigenvalue weighted by atomic mass is 9.80. The van der Waals surface area contributed by atoms with Crippen molar-refractivity contribution < 1.29 is 32.6 Å². The number of hydrogen-bond donors (Lipinski definition) is 1. The quantitative estimate of drug-likeness (QED) is 0.267. The van der Waals surface area contributed by atoms with Gasteiger partial charge < -0.3 is 24.4 Å². The fourth-order valence-electron chi connectivity index (χ4n) is 5.41. The molecule has 11 heteroatoms. The molecule has 1 unspecified atom stereocenters. The average molecular weight is 604 g/mol. The third kappa shape index (κ3) is 7.60. The Labute approximate surface area is 249 Å².